The van der Waals surface area contributed by atoms with Crippen LogP contribution >= 0.6 is 27.3 Å². The minimum absolute atomic E-state index is 0.243. The number of alkyl halides is 3. The first kappa shape index (κ1) is 15.5. The molecule has 1 unspecified atom stereocenters. The van der Waals surface area contributed by atoms with Crippen molar-refractivity contribution in [2.45, 2.75) is 19.1 Å². The number of benzene rings is 1. The van der Waals surface area contributed by atoms with Gasteiger partial charge >= 0.3 is 6.18 Å². The topological polar surface area (TPSA) is 12.0 Å². The standard InChI is InChI=1S/C14H13BrF3NS/c1-8-6-11(20-13(8)15)12(19-2)9-4-3-5-10(7-9)14(16,17)18/h3-7,12,19H,1-2H3. The second kappa shape index (κ2) is 5.87. The van der Waals surface area contributed by atoms with Crippen molar-refractivity contribution < 1.29 is 13.2 Å². The Bertz CT molecular complexity index is 587. The van der Waals surface area contributed by atoms with Crippen LogP contribution in [0.15, 0.2) is 34.1 Å². The van der Waals surface area contributed by atoms with Crippen LogP contribution in [0.4, 0.5) is 13.2 Å². The molecule has 0 radical (unpaired) electrons. The van der Waals surface area contributed by atoms with E-state index in [9.17, 15) is 13.2 Å². The van der Waals surface area contributed by atoms with Gasteiger partial charge in [0.25, 0.3) is 0 Å². The normalized spacial score (nSPS) is 13.5. The summed E-state index contributed by atoms with van der Waals surface area (Å²) >= 11 is 4.97. The molecule has 20 heavy (non-hydrogen) atoms. The zero-order valence-corrected chi connectivity index (χ0v) is 13.3. The second-order valence-corrected chi connectivity index (χ2v) is 6.85. The Balaban J connectivity index is 2.42. The van der Waals surface area contributed by atoms with Gasteiger partial charge in [-0.1, -0.05) is 12.1 Å². The molecule has 0 aliphatic rings. The highest BCUT2D eigenvalue weighted by Gasteiger charge is 2.31. The maximum atomic E-state index is 12.8. The zero-order chi connectivity index (χ0) is 14.9. The second-order valence-electron chi connectivity index (χ2n) is 4.45. The lowest BCUT2D eigenvalue weighted by Gasteiger charge is -2.17. The molecule has 0 saturated heterocycles. The molecule has 1 heterocycles. The molecular formula is C14H13BrF3NS. The average molecular weight is 364 g/mol. The molecule has 1 aromatic heterocycles. The van der Waals surface area contributed by atoms with Crippen LogP contribution in [0.1, 0.15) is 27.6 Å². The van der Waals surface area contributed by atoms with Crippen molar-refractivity contribution >= 4 is 27.3 Å². The molecule has 0 bridgehead atoms. The van der Waals surface area contributed by atoms with Crippen LogP contribution in [0, 0.1) is 6.92 Å². The van der Waals surface area contributed by atoms with E-state index in [-0.39, 0.29) is 6.04 Å². The van der Waals surface area contributed by atoms with E-state index in [1.54, 1.807) is 13.1 Å². The van der Waals surface area contributed by atoms with E-state index in [0.29, 0.717) is 5.56 Å². The molecule has 1 atom stereocenters. The smallest absolute Gasteiger partial charge is 0.309 e. The van der Waals surface area contributed by atoms with Crippen molar-refractivity contribution in [3.63, 3.8) is 0 Å². The molecule has 0 saturated carbocycles. The monoisotopic (exact) mass is 363 g/mol. The highest BCUT2D eigenvalue weighted by Crippen LogP contribution is 2.36. The fraction of sp³-hybridized carbons (Fsp3) is 0.286. The van der Waals surface area contributed by atoms with E-state index in [4.69, 9.17) is 0 Å². The van der Waals surface area contributed by atoms with Crippen LogP contribution in [0.5, 0.6) is 0 Å². The van der Waals surface area contributed by atoms with Gasteiger partial charge in [0.05, 0.1) is 15.4 Å². The summed E-state index contributed by atoms with van der Waals surface area (Å²) in [7, 11) is 1.74. The molecule has 2 aromatic rings. The van der Waals surface area contributed by atoms with E-state index in [1.807, 2.05) is 13.0 Å². The van der Waals surface area contributed by atoms with Crippen LogP contribution in [0.3, 0.4) is 0 Å². The molecule has 1 aromatic carbocycles. The molecule has 1 N–H and O–H groups in total. The first-order valence-corrected chi connectivity index (χ1v) is 7.54. The Labute approximate surface area is 128 Å². The van der Waals surface area contributed by atoms with Gasteiger partial charge < -0.3 is 5.32 Å². The van der Waals surface area contributed by atoms with Gasteiger partial charge in [-0.05, 0) is 59.2 Å². The predicted octanol–water partition coefficient (Wildman–Crippen LogP) is 5.15. The molecule has 0 fully saturated rings. The number of aryl methyl sites for hydroxylation is 1. The van der Waals surface area contributed by atoms with Crippen LogP contribution in [0.2, 0.25) is 0 Å². The number of rotatable bonds is 3. The lowest BCUT2D eigenvalue weighted by molar-refractivity contribution is -0.137. The van der Waals surface area contributed by atoms with Crippen molar-refractivity contribution in [2.75, 3.05) is 7.05 Å². The summed E-state index contributed by atoms with van der Waals surface area (Å²) in [5, 5.41) is 3.08. The fourth-order valence-corrected chi connectivity index (χ4v) is 3.70. The number of hydrogen-bond acceptors (Lipinski definition) is 2. The van der Waals surface area contributed by atoms with Crippen LogP contribution in [-0.4, -0.2) is 7.05 Å². The number of hydrogen-bond donors (Lipinski definition) is 1. The Morgan fingerprint density at radius 3 is 2.45 bits per heavy atom. The highest BCUT2D eigenvalue weighted by molar-refractivity contribution is 9.11. The number of nitrogens with one attached hydrogen (secondary N) is 1. The molecule has 1 nitrogen and oxygen atoms in total. The maximum Gasteiger partial charge on any atom is 0.416 e. The summed E-state index contributed by atoms with van der Waals surface area (Å²) in [4.78, 5) is 0.983. The predicted molar refractivity (Wildman–Crippen MR) is 79.1 cm³/mol. The van der Waals surface area contributed by atoms with Crippen molar-refractivity contribution in [1.82, 2.24) is 5.32 Å². The third kappa shape index (κ3) is 3.24. The molecule has 0 amide bonds. The Hall–Kier alpha value is -0.850. The quantitative estimate of drug-likeness (QED) is 0.795. The Morgan fingerprint density at radius 1 is 1.25 bits per heavy atom. The van der Waals surface area contributed by atoms with E-state index in [1.165, 1.54) is 23.5 Å². The van der Waals surface area contributed by atoms with Gasteiger partial charge in [0.15, 0.2) is 0 Å². The third-order valence-electron chi connectivity index (χ3n) is 3.00. The largest absolute Gasteiger partial charge is 0.416 e. The minimum atomic E-state index is -4.32. The highest BCUT2D eigenvalue weighted by atomic mass is 79.9. The molecule has 108 valence electrons. The van der Waals surface area contributed by atoms with E-state index in [2.05, 4.69) is 21.2 Å². The van der Waals surface area contributed by atoms with Gasteiger partial charge in [-0.15, -0.1) is 11.3 Å². The molecular weight excluding hydrogens is 351 g/mol. The molecule has 6 heteroatoms. The lowest BCUT2D eigenvalue weighted by atomic mass is 10.0. The summed E-state index contributed by atoms with van der Waals surface area (Å²) < 4.78 is 39.3. The lowest BCUT2D eigenvalue weighted by Crippen LogP contribution is -2.17. The van der Waals surface area contributed by atoms with E-state index >= 15 is 0 Å². The molecule has 0 spiro atoms. The summed E-state index contributed by atoms with van der Waals surface area (Å²) in [5.74, 6) is 0. The van der Waals surface area contributed by atoms with Gasteiger partial charge in [-0.3, -0.25) is 0 Å². The fourth-order valence-electron chi connectivity index (χ4n) is 1.99. The van der Waals surface area contributed by atoms with Gasteiger partial charge in [-0.2, -0.15) is 13.2 Å². The molecule has 0 aliphatic carbocycles. The average Bonchev–Trinajstić information content (AvgIpc) is 2.69. The Kier molecular flexibility index (Phi) is 4.56. The van der Waals surface area contributed by atoms with Gasteiger partial charge in [-0.25, -0.2) is 0 Å². The van der Waals surface area contributed by atoms with Crippen molar-refractivity contribution in [1.29, 1.82) is 0 Å². The third-order valence-corrected chi connectivity index (χ3v) is 5.20. The summed E-state index contributed by atoms with van der Waals surface area (Å²) in [5.41, 5.74) is 1.07. The first-order chi connectivity index (χ1) is 9.32. The van der Waals surface area contributed by atoms with Gasteiger partial charge in [0.2, 0.25) is 0 Å². The van der Waals surface area contributed by atoms with Crippen molar-refractivity contribution in [3.8, 4) is 0 Å². The summed E-state index contributed by atoms with van der Waals surface area (Å²) in [6.45, 7) is 1.96. The Morgan fingerprint density at radius 2 is 1.95 bits per heavy atom. The van der Waals surface area contributed by atoms with E-state index in [0.717, 1.165) is 20.3 Å². The van der Waals surface area contributed by atoms with Crippen LogP contribution in [-0.2, 0) is 6.18 Å². The van der Waals surface area contributed by atoms with Crippen molar-refractivity contribution in [2.24, 2.45) is 0 Å². The van der Waals surface area contributed by atoms with E-state index < -0.39 is 11.7 Å². The van der Waals surface area contributed by atoms with Crippen LogP contribution < -0.4 is 5.32 Å². The van der Waals surface area contributed by atoms with Crippen molar-refractivity contribution in [3.05, 3.63) is 55.7 Å². The SMILES string of the molecule is CNC(c1cccc(C(F)(F)F)c1)c1cc(C)c(Br)s1. The first-order valence-electron chi connectivity index (χ1n) is 5.93. The number of thiophene rings is 1. The maximum absolute atomic E-state index is 12.8. The zero-order valence-electron chi connectivity index (χ0n) is 10.9. The summed E-state index contributed by atoms with van der Waals surface area (Å²) in [6, 6.07) is 7.18. The number of halogens is 4. The molecule has 0 aliphatic heterocycles. The molecule has 2 rings (SSSR count). The van der Waals surface area contributed by atoms with Gasteiger partial charge in [0.1, 0.15) is 0 Å². The minimum Gasteiger partial charge on any atom is -0.309 e. The van der Waals surface area contributed by atoms with Crippen LogP contribution in [0.25, 0.3) is 0 Å². The van der Waals surface area contributed by atoms with Gasteiger partial charge in [0, 0.05) is 4.88 Å². The summed E-state index contributed by atoms with van der Waals surface area (Å²) in [6.07, 6.45) is -4.32.